The molecule has 1 saturated heterocycles. The van der Waals surface area contributed by atoms with Crippen LogP contribution in [0.25, 0.3) is 5.69 Å². The highest BCUT2D eigenvalue weighted by Gasteiger charge is 2.20. The lowest BCUT2D eigenvalue weighted by molar-refractivity contribution is 0.102. The highest BCUT2D eigenvalue weighted by molar-refractivity contribution is 6.31. The van der Waals surface area contributed by atoms with Crippen LogP contribution in [-0.4, -0.2) is 58.5 Å². The predicted octanol–water partition coefficient (Wildman–Crippen LogP) is 3.62. The molecule has 0 radical (unpaired) electrons. The van der Waals surface area contributed by atoms with Gasteiger partial charge in [0, 0.05) is 31.2 Å². The van der Waals surface area contributed by atoms with Crippen LogP contribution < -0.4 is 10.2 Å². The number of hydrogen-bond donors (Lipinski definition) is 1. The Morgan fingerprint density at radius 3 is 2.53 bits per heavy atom. The summed E-state index contributed by atoms with van der Waals surface area (Å²) in [5, 5.41) is 11.7. The first kappa shape index (κ1) is 20.4. The molecular weight excluding hydrogens is 400 g/mol. The van der Waals surface area contributed by atoms with Crippen LogP contribution in [-0.2, 0) is 0 Å². The van der Waals surface area contributed by atoms with Gasteiger partial charge in [-0.15, -0.1) is 5.10 Å². The van der Waals surface area contributed by atoms with Crippen molar-refractivity contribution in [1.29, 1.82) is 0 Å². The summed E-state index contributed by atoms with van der Waals surface area (Å²) in [4.78, 5) is 17.6. The van der Waals surface area contributed by atoms with E-state index in [1.54, 1.807) is 16.9 Å². The van der Waals surface area contributed by atoms with Crippen LogP contribution in [0.1, 0.15) is 23.0 Å². The Bertz CT molecular complexity index is 1020. The van der Waals surface area contributed by atoms with Crippen LogP contribution in [0.4, 0.5) is 11.4 Å². The van der Waals surface area contributed by atoms with Crippen LogP contribution in [0.5, 0.6) is 0 Å². The second kappa shape index (κ2) is 8.85. The van der Waals surface area contributed by atoms with Crippen molar-refractivity contribution in [3.63, 3.8) is 0 Å². The molecule has 1 aliphatic heterocycles. The van der Waals surface area contributed by atoms with Gasteiger partial charge in [0.2, 0.25) is 0 Å². The first-order valence-corrected chi connectivity index (χ1v) is 10.5. The van der Waals surface area contributed by atoms with E-state index in [0.717, 1.165) is 49.7 Å². The minimum absolute atomic E-state index is 0.248. The molecule has 0 aliphatic carbocycles. The zero-order valence-corrected chi connectivity index (χ0v) is 17.9. The summed E-state index contributed by atoms with van der Waals surface area (Å²) in [5.41, 5.74) is 3.91. The molecule has 8 heteroatoms. The number of likely N-dealkylation sites (N-methyl/N-ethyl adjacent to an activating group) is 1. The van der Waals surface area contributed by atoms with Gasteiger partial charge in [0.15, 0.2) is 5.69 Å². The molecule has 1 aromatic heterocycles. The molecule has 30 heavy (non-hydrogen) atoms. The van der Waals surface area contributed by atoms with E-state index in [2.05, 4.69) is 32.4 Å². The Morgan fingerprint density at radius 2 is 1.83 bits per heavy atom. The van der Waals surface area contributed by atoms with Crippen LogP contribution in [0.3, 0.4) is 0 Å². The third kappa shape index (κ3) is 4.47. The highest BCUT2D eigenvalue weighted by Crippen LogP contribution is 2.30. The molecule has 1 amide bonds. The number of carbonyl (C=O) groups is 1. The van der Waals surface area contributed by atoms with Crippen LogP contribution in [0, 0.1) is 6.92 Å². The summed E-state index contributed by atoms with van der Waals surface area (Å²) in [6.45, 7) is 9.05. The molecule has 2 heterocycles. The minimum Gasteiger partial charge on any atom is -0.367 e. The van der Waals surface area contributed by atoms with E-state index in [9.17, 15) is 4.79 Å². The van der Waals surface area contributed by atoms with E-state index >= 15 is 0 Å². The number of nitrogens with zero attached hydrogens (tertiary/aromatic N) is 5. The molecule has 4 rings (SSSR count). The third-order valence-corrected chi connectivity index (χ3v) is 5.63. The zero-order chi connectivity index (χ0) is 21.1. The molecule has 0 atom stereocenters. The van der Waals surface area contributed by atoms with Crippen molar-refractivity contribution >= 4 is 28.9 Å². The third-order valence-electron chi connectivity index (χ3n) is 5.39. The monoisotopic (exact) mass is 424 g/mol. The molecule has 0 unspecified atom stereocenters. The Balaban J connectivity index is 1.52. The molecular formula is C22H25ClN6O. The van der Waals surface area contributed by atoms with Gasteiger partial charge in [0.25, 0.3) is 5.91 Å². The minimum atomic E-state index is -0.316. The summed E-state index contributed by atoms with van der Waals surface area (Å²) < 4.78 is 1.59. The summed E-state index contributed by atoms with van der Waals surface area (Å²) in [6.07, 6.45) is 1.63. The fraction of sp³-hybridized carbons (Fsp3) is 0.318. The van der Waals surface area contributed by atoms with E-state index in [4.69, 9.17) is 11.6 Å². The molecule has 1 fully saturated rings. The lowest BCUT2D eigenvalue weighted by Gasteiger charge is -2.36. The number of rotatable bonds is 5. The van der Waals surface area contributed by atoms with Crippen molar-refractivity contribution in [3.8, 4) is 5.69 Å². The number of halogens is 1. The second-order valence-electron chi connectivity index (χ2n) is 7.42. The number of anilines is 2. The van der Waals surface area contributed by atoms with Crippen molar-refractivity contribution < 1.29 is 4.79 Å². The number of hydrogen-bond acceptors (Lipinski definition) is 5. The SMILES string of the molecule is CCN1CCN(c2ccc(Cl)cc2NC(=O)c2cn(-c3ccc(C)cc3)nn2)CC1. The Kier molecular flexibility index (Phi) is 6.01. The lowest BCUT2D eigenvalue weighted by atomic mass is 10.2. The summed E-state index contributed by atoms with van der Waals surface area (Å²) in [6, 6.07) is 13.5. The van der Waals surface area contributed by atoms with Crippen molar-refractivity contribution in [1.82, 2.24) is 19.9 Å². The van der Waals surface area contributed by atoms with Gasteiger partial charge in [0.05, 0.1) is 23.3 Å². The van der Waals surface area contributed by atoms with Gasteiger partial charge in [-0.2, -0.15) is 0 Å². The molecule has 3 aromatic rings. The van der Waals surface area contributed by atoms with Gasteiger partial charge in [-0.05, 0) is 43.8 Å². The number of aryl methyl sites for hydroxylation is 1. The Morgan fingerprint density at radius 1 is 1.10 bits per heavy atom. The highest BCUT2D eigenvalue weighted by atomic mass is 35.5. The van der Waals surface area contributed by atoms with E-state index in [1.807, 2.05) is 43.3 Å². The van der Waals surface area contributed by atoms with Crippen LogP contribution in [0.2, 0.25) is 5.02 Å². The van der Waals surface area contributed by atoms with Gasteiger partial charge >= 0.3 is 0 Å². The summed E-state index contributed by atoms with van der Waals surface area (Å²) >= 11 is 6.22. The Hall–Kier alpha value is -2.90. The predicted molar refractivity (Wildman–Crippen MR) is 120 cm³/mol. The first-order valence-electron chi connectivity index (χ1n) is 10.1. The average molecular weight is 425 g/mol. The molecule has 2 aromatic carbocycles. The van der Waals surface area contributed by atoms with E-state index in [1.165, 1.54) is 0 Å². The molecule has 7 nitrogen and oxygen atoms in total. The molecule has 0 bridgehead atoms. The van der Waals surface area contributed by atoms with Crippen molar-refractivity contribution in [2.24, 2.45) is 0 Å². The van der Waals surface area contributed by atoms with Gasteiger partial charge in [-0.1, -0.05) is 41.4 Å². The maximum atomic E-state index is 12.9. The number of piperazine rings is 1. The van der Waals surface area contributed by atoms with Crippen molar-refractivity contribution in [2.75, 3.05) is 42.9 Å². The van der Waals surface area contributed by atoms with Gasteiger partial charge in [0.1, 0.15) is 0 Å². The molecule has 1 N–H and O–H groups in total. The second-order valence-corrected chi connectivity index (χ2v) is 7.86. The molecule has 156 valence electrons. The normalized spacial score (nSPS) is 14.7. The quantitative estimate of drug-likeness (QED) is 0.677. The standard InChI is InChI=1S/C22H25ClN6O/c1-3-27-10-12-28(13-11-27)21-9-6-17(23)14-19(21)24-22(30)20-15-29(26-25-20)18-7-4-16(2)5-8-18/h4-9,14-15H,3,10-13H2,1-2H3,(H,24,30). The first-order chi connectivity index (χ1) is 14.5. The topological polar surface area (TPSA) is 66.3 Å². The smallest absolute Gasteiger partial charge is 0.277 e. The maximum Gasteiger partial charge on any atom is 0.277 e. The number of carbonyl (C=O) groups excluding carboxylic acids is 1. The number of amides is 1. The largest absolute Gasteiger partial charge is 0.367 e. The number of benzene rings is 2. The fourth-order valence-electron chi connectivity index (χ4n) is 3.57. The van der Waals surface area contributed by atoms with E-state index in [-0.39, 0.29) is 11.6 Å². The van der Waals surface area contributed by atoms with E-state index in [0.29, 0.717) is 10.7 Å². The van der Waals surface area contributed by atoms with E-state index < -0.39 is 0 Å². The summed E-state index contributed by atoms with van der Waals surface area (Å²) in [5.74, 6) is -0.316. The average Bonchev–Trinajstić information content (AvgIpc) is 3.25. The van der Waals surface area contributed by atoms with Gasteiger partial charge in [-0.25, -0.2) is 4.68 Å². The van der Waals surface area contributed by atoms with Crippen molar-refractivity contribution in [3.05, 3.63) is 64.9 Å². The van der Waals surface area contributed by atoms with Crippen molar-refractivity contribution in [2.45, 2.75) is 13.8 Å². The summed E-state index contributed by atoms with van der Waals surface area (Å²) in [7, 11) is 0. The molecule has 1 aliphatic rings. The van der Waals surface area contributed by atoms with Gasteiger partial charge < -0.3 is 15.1 Å². The molecule has 0 spiro atoms. The number of nitrogens with one attached hydrogen (secondary N) is 1. The maximum absolute atomic E-state index is 12.9. The zero-order valence-electron chi connectivity index (χ0n) is 17.2. The van der Waals surface area contributed by atoms with Gasteiger partial charge in [-0.3, -0.25) is 4.79 Å². The van der Waals surface area contributed by atoms with Crippen LogP contribution in [0.15, 0.2) is 48.7 Å². The number of aromatic nitrogens is 3. The fourth-order valence-corrected chi connectivity index (χ4v) is 3.74. The van der Waals surface area contributed by atoms with Crippen LogP contribution >= 0.6 is 11.6 Å². The Labute approximate surface area is 181 Å². The molecule has 0 saturated carbocycles. The lowest BCUT2D eigenvalue weighted by Crippen LogP contribution is -2.46.